The molecule has 2 N–H and O–H groups in total. The molecule has 0 fully saturated rings. The van der Waals surface area contributed by atoms with Gasteiger partial charge in [-0.25, -0.2) is 0 Å². The Morgan fingerprint density at radius 3 is 2.81 bits per heavy atom. The van der Waals surface area contributed by atoms with E-state index in [1.54, 1.807) is 6.07 Å². The summed E-state index contributed by atoms with van der Waals surface area (Å²) in [5.74, 6) is 0.685. The van der Waals surface area contributed by atoms with Gasteiger partial charge < -0.3 is 10.4 Å². The van der Waals surface area contributed by atoms with Gasteiger partial charge in [-0.1, -0.05) is 30.3 Å². The molecule has 2 nitrogen and oxygen atoms in total. The molecule has 0 saturated carbocycles. The lowest BCUT2D eigenvalue weighted by Gasteiger charge is -2.10. The highest BCUT2D eigenvalue weighted by Crippen LogP contribution is 2.36. The van der Waals surface area contributed by atoms with Gasteiger partial charge in [0.2, 0.25) is 0 Å². The summed E-state index contributed by atoms with van der Waals surface area (Å²) in [6, 6.07) is 15.8. The van der Waals surface area contributed by atoms with Crippen molar-refractivity contribution >= 4 is 5.69 Å². The molecule has 0 radical (unpaired) electrons. The molecule has 0 bridgehead atoms. The molecule has 2 heteroatoms. The van der Waals surface area contributed by atoms with Gasteiger partial charge >= 0.3 is 0 Å². The van der Waals surface area contributed by atoms with Crippen LogP contribution in [0.2, 0.25) is 0 Å². The van der Waals surface area contributed by atoms with Crippen LogP contribution in [0.15, 0.2) is 48.5 Å². The quantitative estimate of drug-likeness (QED) is 0.760. The number of hydrogen-bond acceptors (Lipinski definition) is 2. The van der Waals surface area contributed by atoms with Gasteiger partial charge in [0.15, 0.2) is 0 Å². The molecule has 3 rings (SSSR count). The van der Waals surface area contributed by atoms with Gasteiger partial charge in [0, 0.05) is 18.2 Å². The van der Waals surface area contributed by atoms with Crippen LogP contribution >= 0.6 is 0 Å². The molecule has 0 aromatic heterocycles. The molecule has 0 spiro atoms. The van der Waals surface area contributed by atoms with Crippen LogP contribution in [0.5, 0.6) is 5.75 Å². The van der Waals surface area contributed by atoms with Gasteiger partial charge in [0.25, 0.3) is 0 Å². The van der Waals surface area contributed by atoms with Gasteiger partial charge in [0.05, 0.1) is 0 Å². The lowest BCUT2D eigenvalue weighted by molar-refractivity contribution is 0.474. The summed E-state index contributed by atoms with van der Waals surface area (Å²) >= 11 is 0. The molecule has 1 heterocycles. The Bertz CT molecular complexity index is 522. The number of nitrogens with one attached hydrogen (secondary N) is 1. The number of phenolic OH excluding ortho intramolecular Hbond substituents is 1. The highest BCUT2D eigenvalue weighted by molar-refractivity contribution is 5.60. The molecule has 1 aliphatic heterocycles. The summed E-state index contributed by atoms with van der Waals surface area (Å²) in [5.41, 5.74) is 3.68. The second kappa shape index (κ2) is 3.56. The maximum absolute atomic E-state index is 9.50. The zero-order valence-electron chi connectivity index (χ0n) is 8.85. The third-order valence-corrected chi connectivity index (χ3v) is 3.11. The summed E-state index contributed by atoms with van der Waals surface area (Å²) in [6.45, 7) is 0.906. The monoisotopic (exact) mass is 211 g/mol. The van der Waals surface area contributed by atoms with Crippen molar-refractivity contribution in [2.75, 3.05) is 11.9 Å². The summed E-state index contributed by atoms with van der Waals surface area (Å²) in [7, 11) is 0. The fourth-order valence-corrected chi connectivity index (χ4v) is 2.32. The second-order valence-electron chi connectivity index (χ2n) is 4.12. The highest BCUT2D eigenvalue weighted by Gasteiger charge is 2.22. The Labute approximate surface area is 94.6 Å². The van der Waals surface area contributed by atoms with Crippen LogP contribution < -0.4 is 5.32 Å². The third kappa shape index (κ3) is 1.43. The molecule has 1 unspecified atom stereocenters. The van der Waals surface area contributed by atoms with Crippen molar-refractivity contribution in [2.24, 2.45) is 0 Å². The standard InChI is InChI=1S/C14H13NO/c16-11-5-3-4-10(8-11)13-9-15-14-7-2-1-6-12(13)14/h1-8,13,15-16H,9H2. The van der Waals surface area contributed by atoms with E-state index < -0.39 is 0 Å². The lowest BCUT2D eigenvalue weighted by Crippen LogP contribution is -2.03. The summed E-state index contributed by atoms with van der Waals surface area (Å²) in [5, 5.41) is 12.9. The third-order valence-electron chi connectivity index (χ3n) is 3.11. The number of para-hydroxylation sites is 1. The van der Waals surface area contributed by atoms with E-state index >= 15 is 0 Å². The van der Waals surface area contributed by atoms with E-state index in [4.69, 9.17) is 0 Å². The van der Waals surface area contributed by atoms with E-state index in [1.165, 1.54) is 11.3 Å². The van der Waals surface area contributed by atoms with Crippen LogP contribution in [0.4, 0.5) is 5.69 Å². The Balaban J connectivity index is 2.05. The fourth-order valence-electron chi connectivity index (χ4n) is 2.32. The molecule has 2 aromatic carbocycles. The minimum absolute atomic E-state index is 0.335. The molecule has 16 heavy (non-hydrogen) atoms. The topological polar surface area (TPSA) is 32.3 Å². The zero-order chi connectivity index (χ0) is 11.0. The number of rotatable bonds is 1. The van der Waals surface area contributed by atoms with Crippen LogP contribution in [0.25, 0.3) is 0 Å². The maximum atomic E-state index is 9.50. The molecular weight excluding hydrogens is 198 g/mol. The van der Waals surface area contributed by atoms with Crippen molar-refractivity contribution in [1.82, 2.24) is 0 Å². The molecule has 1 aliphatic rings. The molecule has 0 aliphatic carbocycles. The van der Waals surface area contributed by atoms with Crippen LogP contribution in [0.3, 0.4) is 0 Å². The normalized spacial score (nSPS) is 17.9. The average molecular weight is 211 g/mol. The van der Waals surface area contributed by atoms with E-state index in [0.717, 1.165) is 12.1 Å². The van der Waals surface area contributed by atoms with E-state index in [1.807, 2.05) is 18.2 Å². The molecule has 2 aromatic rings. The van der Waals surface area contributed by atoms with Gasteiger partial charge in [0.1, 0.15) is 5.75 Å². The minimum atomic E-state index is 0.335. The van der Waals surface area contributed by atoms with Crippen LogP contribution in [0, 0.1) is 0 Å². The van der Waals surface area contributed by atoms with Gasteiger partial charge in [-0.15, -0.1) is 0 Å². The van der Waals surface area contributed by atoms with Gasteiger partial charge in [-0.2, -0.15) is 0 Å². The molecule has 80 valence electrons. The first-order valence-electron chi connectivity index (χ1n) is 5.46. The molecular formula is C14H13NO. The second-order valence-corrected chi connectivity index (χ2v) is 4.12. The Morgan fingerprint density at radius 2 is 1.94 bits per heavy atom. The van der Waals surface area contributed by atoms with E-state index in [9.17, 15) is 5.11 Å². The summed E-state index contributed by atoms with van der Waals surface area (Å²) in [4.78, 5) is 0. The first-order valence-corrected chi connectivity index (χ1v) is 5.46. The summed E-state index contributed by atoms with van der Waals surface area (Å²) in [6.07, 6.45) is 0. The molecule has 1 atom stereocenters. The van der Waals surface area contributed by atoms with E-state index in [2.05, 4.69) is 29.6 Å². The Morgan fingerprint density at radius 1 is 1.06 bits per heavy atom. The van der Waals surface area contributed by atoms with Gasteiger partial charge in [-0.05, 0) is 29.3 Å². The van der Waals surface area contributed by atoms with Crippen molar-refractivity contribution in [3.8, 4) is 5.75 Å². The van der Waals surface area contributed by atoms with Crippen molar-refractivity contribution in [2.45, 2.75) is 5.92 Å². The maximum Gasteiger partial charge on any atom is 0.115 e. The van der Waals surface area contributed by atoms with Crippen LogP contribution in [0.1, 0.15) is 17.0 Å². The highest BCUT2D eigenvalue weighted by atomic mass is 16.3. The number of hydrogen-bond donors (Lipinski definition) is 2. The van der Waals surface area contributed by atoms with Crippen molar-refractivity contribution in [3.63, 3.8) is 0 Å². The predicted octanol–water partition coefficient (Wildman–Crippen LogP) is 2.95. The average Bonchev–Trinajstić information content (AvgIpc) is 2.72. The van der Waals surface area contributed by atoms with Crippen molar-refractivity contribution in [1.29, 1.82) is 0 Å². The van der Waals surface area contributed by atoms with Crippen molar-refractivity contribution < 1.29 is 5.11 Å². The first kappa shape index (κ1) is 9.28. The smallest absolute Gasteiger partial charge is 0.115 e. The van der Waals surface area contributed by atoms with E-state index in [0.29, 0.717) is 11.7 Å². The Kier molecular flexibility index (Phi) is 2.07. The first-order chi connectivity index (χ1) is 7.84. The van der Waals surface area contributed by atoms with Crippen LogP contribution in [-0.2, 0) is 0 Å². The summed E-state index contributed by atoms with van der Waals surface area (Å²) < 4.78 is 0. The number of benzene rings is 2. The molecule has 0 amide bonds. The largest absolute Gasteiger partial charge is 0.508 e. The van der Waals surface area contributed by atoms with E-state index in [-0.39, 0.29) is 0 Å². The Hall–Kier alpha value is -1.96. The number of anilines is 1. The molecule has 0 saturated heterocycles. The lowest BCUT2D eigenvalue weighted by atomic mass is 9.93. The van der Waals surface area contributed by atoms with Crippen LogP contribution in [-0.4, -0.2) is 11.7 Å². The number of aromatic hydroxyl groups is 1. The minimum Gasteiger partial charge on any atom is -0.508 e. The number of phenols is 1. The number of fused-ring (bicyclic) bond motifs is 1. The fraction of sp³-hybridized carbons (Fsp3) is 0.143. The predicted molar refractivity (Wildman–Crippen MR) is 64.9 cm³/mol. The van der Waals surface area contributed by atoms with Crippen molar-refractivity contribution in [3.05, 3.63) is 59.7 Å². The zero-order valence-corrected chi connectivity index (χ0v) is 8.85. The SMILES string of the molecule is Oc1cccc(C2CNc3ccccc32)c1. The van der Waals surface area contributed by atoms with Gasteiger partial charge in [-0.3, -0.25) is 0 Å².